The number of anilines is 1. The molecule has 0 saturated carbocycles. The van der Waals surface area contributed by atoms with E-state index in [4.69, 9.17) is 5.26 Å². The van der Waals surface area contributed by atoms with Gasteiger partial charge in [-0.15, -0.1) is 0 Å². The van der Waals surface area contributed by atoms with E-state index in [1.807, 2.05) is 30.9 Å². The highest BCUT2D eigenvalue weighted by molar-refractivity contribution is 5.76. The van der Waals surface area contributed by atoms with Gasteiger partial charge in [-0.2, -0.15) is 10.4 Å². The van der Waals surface area contributed by atoms with E-state index in [0.29, 0.717) is 18.7 Å². The predicted molar refractivity (Wildman–Crippen MR) is 89.4 cm³/mol. The number of piperazine rings is 1. The molecule has 124 valence electrons. The first-order chi connectivity index (χ1) is 11.6. The van der Waals surface area contributed by atoms with Crippen LogP contribution in [0, 0.1) is 25.2 Å². The van der Waals surface area contributed by atoms with Crippen molar-refractivity contribution in [3.8, 4) is 6.07 Å². The lowest BCUT2D eigenvalue weighted by Gasteiger charge is -2.35. The van der Waals surface area contributed by atoms with Crippen LogP contribution in [0.1, 0.15) is 17.0 Å². The van der Waals surface area contributed by atoms with Crippen molar-refractivity contribution in [1.29, 1.82) is 5.26 Å². The van der Waals surface area contributed by atoms with Crippen molar-refractivity contribution >= 4 is 11.7 Å². The number of aryl methyl sites for hydroxylation is 2. The summed E-state index contributed by atoms with van der Waals surface area (Å²) in [5.41, 5.74) is 2.48. The zero-order valence-corrected chi connectivity index (χ0v) is 13.9. The Bertz CT molecular complexity index is 765. The molecule has 7 nitrogen and oxygen atoms in total. The summed E-state index contributed by atoms with van der Waals surface area (Å²) in [6, 6.07) is 7.66. The number of hydrogen-bond donors (Lipinski definition) is 0. The molecule has 24 heavy (non-hydrogen) atoms. The minimum Gasteiger partial charge on any atom is -0.353 e. The summed E-state index contributed by atoms with van der Waals surface area (Å²) in [7, 11) is 0. The van der Waals surface area contributed by atoms with E-state index >= 15 is 0 Å². The van der Waals surface area contributed by atoms with Gasteiger partial charge in [-0.1, -0.05) is 0 Å². The summed E-state index contributed by atoms with van der Waals surface area (Å²) >= 11 is 0. The van der Waals surface area contributed by atoms with Crippen molar-refractivity contribution in [1.82, 2.24) is 19.7 Å². The zero-order valence-electron chi connectivity index (χ0n) is 13.9. The Kier molecular flexibility index (Phi) is 4.47. The zero-order chi connectivity index (χ0) is 17.1. The topological polar surface area (TPSA) is 78.0 Å². The third-order valence-corrected chi connectivity index (χ3v) is 4.22. The molecule has 0 atom stereocenters. The van der Waals surface area contributed by atoms with Gasteiger partial charge in [-0.3, -0.25) is 9.48 Å². The second-order valence-electron chi connectivity index (χ2n) is 5.97. The smallest absolute Gasteiger partial charge is 0.244 e. The normalized spacial score (nSPS) is 14.5. The van der Waals surface area contributed by atoms with Crippen molar-refractivity contribution in [2.75, 3.05) is 31.1 Å². The molecule has 1 amide bonds. The van der Waals surface area contributed by atoms with Crippen LogP contribution in [0.2, 0.25) is 0 Å². The summed E-state index contributed by atoms with van der Waals surface area (Å²) in [4.78, 5) is 20.8. The molecule has 2 aromatic heterocycles. The van der Waals surface area contributed by atoms with Crippen LogP contribution >= 0.6 is 0 Å². The molecule has 3 rings (SSSR count). The van der Waals surface area contributed by atoms with Crippen LogP contribution in [-0.2, 0) is 11.3 Å². The predicted octanol–water partition coefficient (Wildman–Crippen LogP) is 1.12. The largest absolute Gasteiger partial charge is 0.353 e. The Morgan fingerprint density at radius 1 is 1.25 bits per heavy atom. The van der Waals surface area contributed by atoms with Crippen LogP contribution < -0.4 is 4.90 Å². The quantitative estimate of drug-likeness (QED) is 0.845. The maximum atomic E-state index is 12.5. The van der Waals surface area contributed by atoms with Crippen molar-refractivity contribution in [3.05, 3.63) is 41.3 Å². The third kappa shape index (κ3) is 3.38. The molecular formula is C17H20N6O. The minimum absolute atomic E-state index is 0.0913. The standard InChI is InChI=1S/C17H20N6O/c1-13-9-14(2)23(20-13)12-17(24)22-7-5-21(6-8-22)16-4-3-15(10-18)11-19-16/h3-4,9,11H,5-8,12H2,1-2H3. The van der Waals surface area contributed by atoms with Crippen LogP contribution in [0.4, 0.5) is 5.82 Å². The number of nitrogens with zero attached hydrogens (tertiary/aromatic N) is 6. The summed E-state index contributed by atoms with van der Waals surface area (Å²) < 4.78 is 1.76. The van der Waals surface area contributed by atoms with Crippen LogP contribution in [0.15, 0.2) is 24.4 Å². The molecule has 0 aliphatic carbocycles. The molecule has 0 N–H and O–H groups in total. The number of pyridine rings is 1. The number of aromatic nitrogens is 3. The molecule has 0 bridgehead atoms. The minimum atomic E-state index is 0.0913. The first-order valence-corrected chi connectivity index (χ1v) is 7.97. The van der Waals surface area contributed by atoms with E-state index in [9.17, 15) is 4.79 Å². The van der Waals surface area contributed by atoms with Gasteiger partial charge >= 0.3 is 0 Å². The number of rotatable bonds is 3. The van der Waals surface area contributed by atoms with E-state index in [1.165, 1.54) is 0 Å². The van der Waals surface area contributed by atoms with Gasteiger partial charge in [0.2, 0.25) is 5.91 Å². The second-order valence-corrected chi connectivity index (χ2v) is 5.97. The first-order valence-electron chi connectivity index (χ1n) is 7.97. The van der Waals surface area contributed by atoms with Crippen molar-refractivity contribution in [2.24, 2.45) is 0 Å². The Balaban J connectivity index is 1.57. The number of carbonyl (C=O) groups is 1. The number of amides is 1. The SMILES string of the molecule is Cc1cc(C)n(CC(=O)N2CCN(c3ccc(C#N)cn3)CC2)n1. The van der Waals surface area contributed by atoms with Crippen LogP contribution in [-0.4, -0.2) is 51.8 Å². The molecule has 1 fully saturated rings. The van der Waals surface area contributed by atoms with Crippen LogP contribution in [0.5, 0.6) is 0 Å². The van der Waals surface area contributed by atoms with Gasteiger partial charge in [0.25, 0.3) is 0 Å². The number of nitriles is 1. The van der Waals surface area contributed by atoms with Gasteiger partial charge in [0, 0.05) is 38.1 Å². The average molecular weight is 324 g/mol. The molecule has 0 spiro atoms. The summed E-state index contributed by atoms with van der Waals surface area (Å²) in [5.74, 6) is 0.938. The lowest BCUT2D eigenvalue weighted by Crippen LogP contribution is -2.50. The molecular weight excluding hydrogens is 304 g/mol. The van der Waals surface area contributed by atoms with Gasteiger partial charge < -0.3 is 9.80 Å². The highest BCUT2D eigenvalue weighted by Crippen LogP contribution is 2.14. The Labute approximate surface area is 141 Å². The molecule has 2 aromatic rings. The van der Waals surface area contributed by atoms with Gasteiger partial charge in [-0.05, 0) is 32.0 Å². The Morgan fingerprint density at radius 3 is 2.54 bits per heavy atom. The molecule has 1 saturated heterocycles. The first kappa shape index (κ1) is 16.0. The molecule has 3 heterocycles. The second kappa shape index (κ2) is 6.71. The van der Waals surface area contributed by atoms with Crippen molar-refractivity contribution < 1.29 is 4.79 Å². The van der Waals surface area contributed by atoms with Crippen LogP contribution in [0.25, 0.3) is 0 Å². The fourth-order valence-corrected chi connectivity index (χ4v) is 2.89. The molecule has 0 unspecified atom stereocenters. The van der Waals surface area contributed by atoms with Gasteiger partial charge in [0.05, 0.1) is 11.3 Å². The molecule has 7 heteroatoms. The van der Waals surface area contributed by atoms with E-state index in [0.717, 1.165) is 30.3 Å². The van der Waals surface area contributed by atoms with Gasteiger partial charge in [-0.25, -0.2) is 4.98 Å². The van der Waals surface area contributed by atoms with Crippen molar-refractivity contribution in [3.63, 3.8) is 0 Å². The number of hydrogen-bond acceptors (Lipinski definition) is 5. The van der Waals surface area contributed by atoms with Gasteiger partial charge in [0.15, 0.2) is 0 Å². The van der Waals surface area contributed by atoms with Crippen molar-refractivity contribution in [2.45, 2.75) is 20.4 Å². The maximum Gasteiger partial charge on any atom is 0.244 e. The number of carbonyl (C=O) groups excluding carboxylic acids is 1. The maximum absolute atomic E-state index is 12.5. The monoisotopic (exact) mass is 324 g/mol. The third-order valence-electron chi connectivity index (χ3n) is 4.22. The van der Waals surface area contributed by atoms with E-state index < -0.39 is 0 Å². The highest BCUT2D eigenvalue weighted by atomic mass is 16.2. The highest BCUT2D eigenvalue weighted by Gasteiger charge is 2.22. The fraction of sp³-hybridized carbons (Fsp3) is 0.412. The summed E-state index contributed by atoms with van der Waals surface area (Å²) in [6.45, 7) is 6.98. The van der Waals surface area contributed by atoms with Crippen LogP contribution in [0.3, 0.4) is 0 Å². The van der Waals surface area contributed by atoms with Gasteiger partial charge in [0.1, 0.15) is 18.4 Å². The molecule has 0 aromatic carbocycles. The lowest BCUT2D eigenvalue weighted by atomic mass is 10.2. The Morgan fingerprint density at radius 2 is 2.00 bits per heavy atom. The van der Waals surface area contributed by atoms with E-state index in [1.54, 1.807) is 16.9 Å². The molecule has 1 aliphatic rings. The molecule has 0 radical (unpaired) electrons. The van der Waals surface area contributed by atoms with E-state index in [2.05, 4.69) is 21.1 Å². The lowest BCUT2D eigenvalue weighted by molar-refractivity contribution is -0.132. The molecule has 1 aliphatic heterocycles. The fourth-order valence-electron chi connectivity index (χ4n) is 2.89. The van der Waals surface area contributed by atoms with E-state index in [-0.39, 0.29) is 12.5 Å². The summed E-state index contributed by atoms with van der Waals surface area (Å²) in [6.07, 6.45) is 1.58. The summed E-state index contributed by atoms with van der Waals surface area (Å²) in [5, 5.41) is 13.2. The average Bonchev–Trinajstić information content (AvgIpc) is 2.92. The Hall–Kier alpha value is -2.88.